The summed E-state index contributed by atoms with van der Waals surface area (Å²) in [7, 11) is 0. The van der Waals surface area contributed by atoms with Gasteiger partial charge in [-0.3, -0.25) is 4.98 Å². The van der Waals surface area contributed by atoms with Gasteiger partial charge in [-0.25, -0.2) is 0 Å². The van der Waals surface area contributed by atoms with E-state index in [0.29, 0.717) is 5.56 Å². The molecular weight excluding hydrogens is 805 g/mol. The lowest BCUT2D eigenvalue weighted by Crippen LogP contribution is -2.03. The first-order valence-electron chi connectivity index (χ1n) is 22.3. The van der Waals surface area contributed by atoms with E-state index in [1.54, 1.807) is 0 Å². The second-order valence-corrected chi connectivity index (χ2v) is 17.1. The summed E-state index contributed by atoms with van der Waals surface area (Å²) in [5.41, 5.74) is 15.2. The van der Waals surface area contributed by atoms with Crippen LogP contribution in [0.25, 0.3) is 121 Å². The lowest BCUT2D eigenvalue weighted by Gasteiger charge is -2.18. The maximum Gasteiger partial charge on any atom is 0.0991 e. The maximum absolute atomic E-state index is 10.5. The molecule has 0 saturated carbocycles. The monoisotopic (exact) mass is 840 g/mol. The molecule has 0 fully saturated rings. The molecule has 0 bridgehead atoms. The average molecular weight is 841 g/mol. The zero-order valence-electron chi connectivity index (χ0n) is 35.5. The van der Waals surface area contributed by atoms with Crippen LogP contribution in [0.1, 0.15) is 5.56 Å². The van der Waals surface area contributed by atoms with Gasteiger partial charge in [0.1, 0.15) is 0 Å². The van der Waals surface area contributed by atoms with Crippen molar-refractivity contribution in [2.24, 2.45) is 0 Å². The Kier molecular flexibility index (Phi) is 7.65. The molecule has 0 spiro atoms. The van der Waals surface area contributed by atoms with Crippen molar-refractivity contribution in [2.75, 3.05) is 0 Å². The Bertz CT molecular complexity index is 4350. The van der Waals surface area contributed by atoms with E-state index in [2.05, 4.69) is 218 Å². The highest BCUT2D eigenvalue weighted by Crippen LogP contribution is 2.44. The highest BCUT2D eigenvalue weighted by molar-refractivity contribution is 6.21. The minimum Gasteiger partial charge on any atom is -0.309 e. The van der Waals surface area contributed by atoms with Crippen molar-refractivity contribution in [3.8, 4) is 40.1 Å². The number of hydrogen-bond acceptors (Lipinski definition) is 2. The van der Waals surface area contributed by atoms with Crippen molar-refractivity contribution in [3.63, 3.8) is 0 Å². The molecule has 0 radical (unpaired) electrons. The van der Waals surface area contributed by atoms with Crippen LogP contribution in [-0.4, -0.2) is 23.3 Å². The summed E-state index contributed by atoms with van der Waals surface area (Å²) in [6, 6.07) is 78.1. The van der Waals surface area contributed by atoms with Gasteiger partial charge in [0.2, 0.25) is 0 Å². The van der Waals surface area contributed by atoms with Crippen molar-refractivity contribution in [2.45, 2.75) is 0 Å². The molecule has 66 heavy (non-hydrogen) atoms. The Morgan fingerprint density at radius 2 is 0.727 bits per heavy atom. The fraction of sp³-hybridized carbons (Fsp3) is 0. The third-order valence-electron chi connectivity index (χ3n) is 13.6. The van der Waals surface area contributed by atoms with Crippen LogP contribution in [0.4, 0.5) is 0 Å². The van der Waals surface area contributed by atoms with Gasteiger partial charge in [0, 0.05) is 66.2 Å². The number of nitriles is 1. The number of rotatable bonds is 5. The molecule has 5 heterocycles. The number of pyridine rings is 1. The molecule has 0 aliphatic carbocycles. The smallest absolute Gasteiger partial charge is 0.0991 e. The molecule has 0 saturated heterocycles. The van der Waals surface area contributed by atoms with Crippen molar-refractivity contribution in [1.82, 2.24) is 23.3 Å². The Labute approximate surface area is 378 Å². The highest BCUT2D eigenvalue weighted by atomic mass is 15.0. The van der Waals surface area contributed by atoms with Crippen molar-refractivity contribution in [1.29, 1.82) is 5.26 Å². The predicted molar refractivity (Wildman–Crippen MR) is 272 cm³/mol. The summed E-state index contributed by atoms with van der Waals surface area (Å²) in [6.07, 6.45) is 1.87. The number of benzene rings is 9. The van der Waals surface area contributed by atoms with E-state index >= 15 is 0 Å². The third-order valence-corrected chi connectivity index (χ3v) is 13.6. The first-order chi connectivity index (χ1) is 32.7. The molecular formula is C60H36N6. The van der Waals surface area contributed by atoms with Crippen LogP contribution < -0.4 is 0 Å². The van der Waals surface area contributed by atoms with E-state index < -0.39 is 0 Å². The van der Waals surface area contributed by atoms with Gasteiger partial charge < -0.3 is 18.3 Å². The van der Waals surface area contributed by atoms with Crippen LogP contribution in [0.15, 0.2) is 219 Å². The van der Waals surface area contributed by atoms with Crippen molar-refractivity contribution >= 4 is 87.2 Å². The van der Waals surface area contributed by atoms with Crippen molar-refractivity contribution < 1.29 is 0 Å². The largest absolute Gasteiger partial charge is 0.309 e. The molecule has 0 atom stereocenters. The van der Waals surface area contributed by atoms with Gasteiger partial charge in [-0.15, -0.1) is 0 Å². The fourth-order valence-corrected chi connectivity index (χ4v) is 10.9. The van der Waals surface area contributed by atoms with Crippen LogP contribution in [-0.2, 0) is 0 Å². The molecule has 0 unspecified atom stereocenters. The Balaban J connectivity index is 1.08. The summed E-state index contributed by atoms with van der Waals surface area (Å²) in [4.78, 5) is 5.27. The Morgan fingerprint density at radius 1 is 0.318 bits per heavy atom. The first-order valence-corrected chi connectivity index (χ1v) is 22.3. The van der Waals surface area contributed by atoms with Gasteiger partial charge in [-0.1, -0.05) is 109 Å². The van der Waals surface area contributed by atoms with Gasteiger partial charge in [0.25, 0.3) is 0 Å². The molecule has 6 nitrogen and oxygen atoms in total. The summed E-state index contributed by atoms with van der Waals surface area (Å²) < 4.78 is 9.50. The van der Waals surface area contributed by atoms with Gasteiger partial charge in [0.15, 0.2) is 0 Å². The van der Waals surface area contributed by atoms with Gasteiger partial charge in [-0.05, 0) is 103 Å². The minimum absolute atomic E-state index is 0.564. The third kappa shape index (κ3) is 5.08. The highest BCUT2D eigenvalue weighted by Gasteiger charge is 2.24. The lowest BCUT2D eigenvalue weighted by molar-refractivity contribution is 1.12. The van der Waals surface area contributed by atoms with Crippen LogP contribution in [0, 0.1) is 11.3 Å². The second-order valence-electron chi connectivity index (χ2n) is 17.1. The molecule has 6 heteroatoms. The zero-order valence-corrected chi connectivity index (χ0v) is 35.5. The van der Waals surface area contributed by atoms with Crippen LogP contribution in [0.2, 0.25) is 0 Å². The molecule has 0 aliphatic heterocycles. The van der Waals surface area contributed by atoms with Gasteiger partial charge in [0.05, 0.1) is 72.8 Å². The van der Waals surface area contributed by atoms with E-state index in [1.807, 2.05) is 24.4 Å². The predicted octanol–water partition coefficient (Wildman–Crippen LogP) is 15.0. The number of para-hydroxylation sites is 6. The van der Waals surface area contributed by atoms with Crippen molar-refractivity contribution in [3.05, 3.63) is 224 Å². The molecule has 0 amide bonds. The number of nitrogens with zero attached hydrogens (tertiary/aromatic N) is 6. The topological polar surface area (TPSA) is 56.4 Å². The molecule has 9 aromatic carbocycles. The molecule has 14 rings (SSSR count). The summed E-state index contributed by atoms with van der Waals surface area (Å²) in [5, 5.41) is 20.0. The van der Waals surface area contributed by atoms with E-state index in [9.17, 15) is 5.26 Å². The number of hydrogen-bond donors (Lipinski definition) is 0. The van der Waals surface area contributed by atoms with Crippen LogP contribution in [0.5, 0.6) is 0 Å². The zero-order chi connectivity index (χ0) is 43.5. The summed E-state index contributed by atoms with van der Waals surface area (Å²) >= 11 is 0. The van der Waals surface area contributed by atoms with E-state index in [0.717, 1.165) is 99.7 Å². The lowest BCUT2D eigenvalue weighted by atomic mass is 10.0. The first kappa shape index (κ1) is 36.3. The second kappa shape index (κ2) is 13.9. The Morgan fingerprint density at radius 3 is 1.20 bits per heavy atom. The van der Waals surface area contributed by atoms with E-state index in [-0.39, 0.29) is 0 Å². The standard InChI is InChI=1S/C60H36N6/c61-37-38-29-30-54(65-52-26-13-9-22-43(52)47-33-45-41-20-7-11-24-50(41)63(56(45)35-58(47)65)39-16-3-1-4-17-39)49(32-38)60-55(28-15-31-62-60)66-53-27-14-10-23-44(53)48-34-46-42-21-8-12-25-51(42)64(57(46)36-59(48)66)40-18-5-2-6-19-40/h1-36H. The normalized spacial score (nSPS) is 11.9. The molecule has 14 aromatic rings. The fourth-order valence-electron chi connectivity index (χ4n) is 10.9. The number of aromatic nitrogens is 5. The SMILES string of the molecule is N#Cc1ccc(-n2c3ccccc3c3cc4c5ccccc5n(-c5ccccc5)c4cc32)c(-c2ncccc2-n2c3ccccc3c3cc4c5ccccc5n(-c5ccccc5)c4cc32)c1. The molecule has 306 valence electrons. The quantitative estimate of drug-likeness (QED) is 0.173. The maximum atomic E-state index is 10.5. The van der Waals surface area contributed by atoms with Crippen LogP contribution in [0.3, 0.4) is 0 Å². The summed E-state index contributed by atoms with van der Waals surface area (Å²) in [5.74, 6) is 0. The number of fused-ring (bicyclic) bond motifs is 12. The van der Waals surface area contributed by atoms with Gasteiger partial charge >= 0.3 is 0 Å². The average Bonchev–Trinajstić information content (AvgIpc) is 4.09. The van der Waals surface area contributed by atoms with E-state index in [4.69, 9.17) is 4.98 Å². The minimum atomic E-state index is 0.564. The van der Waals surface area contributed by atoms with E-state index in [1.165, 1.54) is 21.5 Å². The summed E-state index contributed by atoms with van der Waals surface area (Å²) in [6.45, 7) is 0. The molecule has 0 aliphatic rings. The molecule has 5 aromatic heterocycles. The van der Waals surface area contributed by atoms with Crippen LogP contribution >= 0.6 is 0 Å². The van der Waals surface area contributed by atoms with Gasteiger partial charge in [-0.2, -0.15) is 5.26 Å². The molecule has 0 N–H and O–H groups in total. The Hall–Kier alpha value is -9.18.